The van der Waals surface area contributed by atoms with Crippen molar-refractivity contribution >= 4 is 46.5 Å². The molecule has 0 heterocycles. The first-order valence-corrected chi connectivity index (χ1v) is 11.4. The number of carbonyl (C=O) groups excluding carboxylic acids is 3. The molecule has 3 rings (SSSR count). The number of hydrogen-bond donors (Lipinski definition) is 1. The van der Waals surface area contributed by atoms with Crippen molar-refractivity contribution in [2.45, 2.75) is 6.42 Å². The Bertz CT molecular complexity index is 1180. The fourth-order valence-electron chi connectivity index (χ4n) is 3.57. The number of nitrogens with two attached hydrogens (primary N) is 1. The Morgan fingerprint density at radius 3 is 2.21 bits per heavy atom. The minimum atomic E-state index is -0.460. The molecule has 3 aromatic carbocycles. The fourth-order valence-corrected chi connectivity index (χ4v) is 3.96. The van der Waals surface area contributed by atoms with Crippen LogP contribution in [0.4, 0.5) is 5.69 Å². The van der Waals surface area contributed by atoms with Gasteiger partial charge >= 0.3 is 0 Å². The second kappa shape index (κ2) is 11.8. The highest BCUT2D eigenvalue weighted by Gasteiger charge is 2.24. The summed E-state index contributed by atoms with van der Waals surface area (Å²) < 4.78 is 0. The third-order valence-electron chi connectivity index (χ3n) is 5.35. The predicted molar refractivity (Wildman–Crippen MR) is 136 cm³/mol. The molecule has 6 nitrogen and oxygen atoms in total. The van der Waals surface area contributed by atoms with E-state index in [-0.39, 0.29) is 25.4 Å². The van der Waals surface area contributed by atoms with Crippen LogP contribution in [0.25, 0.3) is 0 Å². The molecule has 0 aliphatic carbocycles. The molecular formula is C26H25Cl2N3O3. The molecule has 0 aromatic heterocycles. The molecule has 0 aliphatic heterocycles. The van der Waals surface area contributed by atoms with Gasteiger partial charge in [0, 0.05) is 35.4 Å². The van der Waals surface area contributed by atoms with Crippen LogP contribution in [0, 0.1) is 0 Å². The molecule has 0 radical (unpaired) electrons. The summed E-state index contributed by atoms with van der Waals surface area (Å²) in [5.41, 5.74) is 7.68. The van der Waals surface area contributed by atoms with E-state index in [0.29, 0.717) is 33.3 Å². The van der Waals surface area contributed by atoms with Crippen LogP contribution in [0.3, 0.4) is 0 Å². The fraction of sp³-hybridized carbons (Fsp3) is 0.192. The van der Waals surface area contributed by atoms with Gasteiger partial charge in [0.2, 0.25) is 11.8 Å². The summed E-state index contributed by atoms with van der Waals surface area (Å²) in [5.74, 6) is -1.20. The van der Waals surface area contributed by atoms with Crippen LogP contribution in [0.2, 0.25) is 10.0 Å². The van der Waals surface area contributed by atoms with E-state index in [1.807, 2.05) is 30.3 Å². The first-order chi connectivity index (χ1) is 16.3. The summed E-state index contributed by atoms with van der Waals surface area (Å²) in [6.45, 7) is -0.203. The highest BCUT2D eigenvalue weighted by Crippen LogP contribution is 2.28. The third kappa shape index (κ3) is 6.23. The van der Waals surface area contributed by atoms with Crippen molar-refractivity contribution in [1.29, 1.82) is 0 Å². The van der Waals surface area contributed by atoms with Gasteiger partial charge in [0.05, 0.1) is 18.1 Å². The number of amides is 2. The van der Waals surface area contributed by atoms with E-state index in [4.69, 9.17) is 28.9 Å². The molecule has 0 fully saturated rings. The summed E-state index contributed by atoms with van der Waals surface area (Å²) in [7, 11) is 1.67. The molecule has 8 heteroatoms. The van der Waals surface area contributed by atoms with Crippen LogP contribution in [0.1, 0.15) is 21.5 Å². The number of hydrogen-bond acceptors (Lipinski definition) is 5. The van der Waals surface area contributed by atoms with E-state index in [9.17, 15) is 14.4 Å². The quantitative estimate of drug-likeness (QED) is 0.447. The predicted octanol–water partition coefficient (Wildman–Crippen LogP) is 4.22. The van der Waals surface area contributed by atoms with Crippen molar-refractivity contribution in [2.75, 3.05) is 31.6 Å². The Hall–Kier alpha value is -3.19. The Labute approximate surface area is 208 Å². The van der Waals surface area contributed by atoms with Gasteiger partial charge in [0.25, 0.3) is 0 Å². The molecule has 2 amide bonds. The highest BCUT2D eigenvalue weighted by molar-refractivity contribution is 6.35. The number of benzene rings is 3. The van der Waals surface area contributed by atoms with Gasteiger partial charge in [-0.25, -0.2) is 0 Å². The molecule has 176 valence electrons. The molecule has 0 saturated carbocycles. The number of anilines is 1. The zero-order valence-electron chi connectivity index (χ0n) is 18.7. The summed E-state index contributed by atoms with van der Waals surface area (Å²) in [6.07, 6.45) is 0.513. The van der Waals surface area contributed by atoms with E-state index >= 15 is 0 Å². The number of halogens is 2. The van der Waals surface area contributed by atoms with Gasteiger partial charge in [-0.15, -0.1) is 0 Å². The van der Waals surface area contributed by atoms with Crippen molar-refractivity contribution in [3.8, 4) is 0 Å². The van der Waals surface area contributed by atoms with Gasteiger partial charge in [-0.05, 0) is 42.3 Å². The van der Waals surface area contributed by atoms with Gasteiger partial charge in [0.15, 0.2) is 5.78 Å². The van der Waals surface area contributed by atoms with Crippen LogP contribution in [0.15, 0.2) is 72.8 Å². The first-order valence-electron chi connectivity index (χ1n) is 10.7. The number of ketones is 1. The summed E-state index contributed by atoms with van der Waals surface area (Å²) >= 11 is 12.4. The average molecular weight is 498 g/mol. The lowest BCUT2D eigenvalue weighted by molar-refractivity contribution is -0.143. The molecule has 3 aromatic rings. The van der Waals surface area contributed by atoms with Crippen molar-refractivity contribution in [3.63, 3.8) is 0 Å². The van der Waals surface area contributed by atoms with Gasteiger partial charge < -0.3 is 10.6 Å². The molecule has 0 aliphatic rings. The minimum Gasteiger partial charge on any atom is -0.365 e. The SMILES string of the molecule is CN(CC(=O)N(CCc1ccccc1)C(=O)CN)c1ccc(Cl)cc1C(=O)c1ccccc1Cl. The smallest absolute Gasteiger partial charge is 0.248 e. The Balaban J connectivity index is 1.82. The lowest BCUT2D eigenvalue weighted by atomic mass is 10.0. The van der Waals surface area contributed by atoms with Crippen LogP contribution in [0.5, 0.6) is 0 Å². The number of nitrogens with zero attached hydrogens (tertiary/aromatic N) is 2. The Morgan fingerprint density at radius 2 is 1.53 bits per heavy atom. The number of likely N-dealkylation sites (N-methyl/N-ethyl adjacent to an activating group) is 1. The molecule has 0 saturated heterocycles. The van der Waals surface area contributed by atoms with Gasteiger partial charge in [-0.3, -0.25) is 19.3 Å². The molecule has 34 heavy (non-hydrogen) atoms. The normalized spacial score (nSPS) is 10.6. The average Bonchev–Trinajstić information content (AvgIpc) is 2.84. The van der Waals surface area contributed by atoms with Crippen molar-refractivity contribution in [2.24, 2.45) is 5.73 Å². The van der Waals surface area contributed by atoms with Crippen molar-refractivity contribution in [3.05, 3.63) is 99.5 Å². The zero-order chi connectivity index (χ0) is 24.7. The van der Waals surface area contributed by atoms with Gasteiger partial charge in [-0.2, -0.15) is 0 Å². The van der Waals surface area contributed by atoms with E-state index < -0.39 is 11.8 Å². The lowest BCUT2D eigenvalue weighted by Crippen LogP contribution is -2.46. The number of rotatable bonds is 9. The van der Waals surface area contributed by atoms with E-state index in [0.717, 1.165) is 10.5 Å². The van der Waals surface area contributed by atoms with E-state index in [1.54, 1.807) is 54.4 Å². The van der Waals surface area contributed by atoms with Crippen LogP contribution in [-0.4, -0.2) is 49.2 Å². The van der Waals surface area contributed by atoms with Crippen LogP contribution < -0.4 is 10.6 Å². The standard InChI is InChI=1S/C26H25Cl2N3O3/c1-30(17-25(33)31(24(32)16-29)14-13-18-7-3-2-4-8-18)23-12-11-19(27)15-21(23)26(34)20-9-5-6-10-22(20)28/h2-12,15H,13-14,16-17,29H2,1H3. The highest BCUT2D eigenvalue weighted by atomic mass is 35.5. The second-order valence-electron chi connectivity index (χ2n) is 7.71. The van der Waals surface area contributed by atoms with Crippen molar-refractivity contribution < 1.29 is 14.4 Å². The van der Waals surface area contributed by atoms with E-state index in [1.165, 1.54) is 0 Å². The largest absolute Gasteiger partial charge is 0.365 e. The van der Waals surface area contributed by atoms with Crippen LogP contribution >= 0.6 is 23.2 Å². The molecule has 0 bridgehead atoms. The molecular weight excluding hydrogens is 473 g/mol. The van der Waals surface area contributed by atoms with Gasteiger partial charge in [-0.1, -0.05) is 65.7 Å². The van der Waals surface area contributed by atoms with Crippen LogP contribution in [-0.2, 0) is 16.0 Å². The van der Waals surface area contributed by atoms with E-state index in [2.05, 4.69) is 0 Å². The Morgan fingerprint density at radius 1 is 0.853 bits per heavy atom. The zero-order valence-corrected chi connectivity index (χ0v) is 20.2. The molecule has 0 atom stereocenters. The minimum absolute atomic E-state index is 0.134. The summed E-state index contributed by atoms with van der Waals surface area (Å²) in [4.78, 5) is 41.5. The number of carbonyl (C=O) groups is 3. The molecule has 0 unspecified atom stereocenters. The molecule has 2 N–H and O–H groups in total. The maximum Gasteiger partial charge on any atom is 0.248 e. The van der Waals surface area contributed by atoms with Crippen molar-refractivity contribution in [1.82, 2.24) is 4.90 Å². The second-order valence-corrected chi connectivity index (χ2v) is 8.55. The first kappa shape index (κ1) is 25.4. The maximum absolute atomic E-state index is 13.2. The third-order valence-corrected chi connectivity index (χ3v) is 5.91. The monoisotopic (exact) mass is 497 g/mol. The summed E-state index contributed by atoms with van der Waals surface area (Å²) in [6, 6.07) is 21.1. The number of imide groups is 1. The molecule has 0 spiro atoms. The lowest BCUT2D eigenvalue weighted by Gasteiger charge is -2.26. The Kier molecular flexibility index (Phi) is 8.82. The van der Waals surface area contributed by atoms with Gasteiger partial charge in [0.1, 0.15) is 0 Å². The topological polar surface area (TPSA) is 83.7 Å². The maximum atomic E-state index is 13.2. The summed E-state index contributed by atoms with van der Waals surface area (Å²) in [5, 5.41) is 0.694.